The highest BCUT2D eigenvalue weighted by atomic mass is 35.5. The zero-order chi connectivity index (χ0) is 22.4. The number of carbonyl (C=O) groups is 2. The molecule has 0 N–H and O–H groups in total. The van der Waals surface area contributed by atoms with Crippen molar-refractivity contribution in [3.8, 4) is 11.5 Å². The summed E-state index contributed by atoms with van der Waals surface area (Å²) in [6, 6.07) is 16.9. The molecule has 160 valence electrons. The Balaban J connectivity index is 1.73. The van der Waals surface area contributed by atoms with E-state index in [1.54, 1.807) is 60.7 Å². The minimum atomic E-state index is -0.562. The molecule has 31 heavy (non-hydrogen) atoms. The summed E-state index contributed by atoms with van der Waals surface area (Å²) in [7, 11) is 1.51. The first kappa shape index (κ1) is 22.7. The van der Waals surface area contributed by atoms with Gasteiger partial charge in [-0.15, -0.1) is 0 Å². The van der Waals surface area contributed by atoms with Crippen molar-refractivity contribution in [2.24, 2.45) is 0 Å². The molecule has 3 rings (SSSR count). The van der Waals surface area contributed by atoms with Crippen LogP contribution >= 0.6 is 23.2 Å². The Kier molecular flexibility index (Phi) is 7.55. The minimum absolute atomic E-state index is 0.0551. The third-order valence-corrected chi connectivity index (χ3v) is 5.14. The highest BCUT2D eigenvalue weighted by Gasteiger charge is 2.16. The molecular formula is C24H20Cl2O5. The number of para-hydroxylation sites is 1. The van der Waals surface area contributed by atoms with Crippen molar-refractivity contribution < 1.29 is 23.8 Å². The van der Waals surface area contributed by atoms with Crippen LogP contribution in [0.4, 0.5) is 0 Å². The number of halogens is 2. The first-order chi connectivity index (χ1) is 14.9. The first-order valence-corrected chi connectivity index (χ1v) is 10.2. The predicted octanol–water partition coefficient (Wildman–Crippen LogP) is 6.14. The third kappa shape index (κ3) is 5.78. The van der Waals surface area contributed by atoms with E-state index < -0.39 is 5.97 Å². The molecule has 0 unspecified atom stereocenters. The van der Waals surface area contributed by atoms with Crippen LogP contribution in [0.5, 0.6) is 11.5 Å². The Morgan fingerprint density at radius 1 is 0.871 bits per heavy atom. The van der Waals surface area contributed by atoms with Gasteiger partial charge in [-0.05, 0) is 49.4 Å². The van der Waals surface area contributed by atoms with Crippen LogP contribution in [-0.2, 0) is 18.0 Å². The topological polar surface area (TPSA) is 61.8 Å². The summed E-state index contributed by atoms with van der Waals surface area (Å²) in [6.45, 7) is 1.58. The smallest absolute Gasteiger partial charge is 0.342 e. The Hall–Kier alpha value is -3.02. The van der Waals surface area contributed by atoms with E-state index in [1.165, 1.54) is 14.0 Å². The van der Waals surface area contributed by atoms with Crippen LogP contribution < -0.4 is 9.47 Å². The van der Waals surface area contributed by atoms with E-state index in [0.29, 0.717) is 32.7 Å². The van der Waals surface area contributed by atoms with Crippen LogP contribution in [0.1, 0.15) is 38.8 Å². The van der Waals surface area contributed by atoms with E-state index in [2.05, 4.69) is 0 Å². The lowest BCUT2D eigenvalue weighted by Gasteiger charge is -2.13. The Morgan fingerprint density at radius 2 is 1.65 bits per heavy atom. The zero-order valence-corrected chi connectivity index (χ0v) is 18.5. The number of Topliss-reactive ketones (excluding diaryl/α,β-unsaturated/α-hetero) is 1. The van der Waals surface area contributed by atoms with Gasteiger partial charge in [0.25, 0.3) is 0 Å². The molecular weight excluding hydrogens is 439 g/mol. The second-order valence-electron chi connectivity index (χ2n) is 6.68. The molecule has 0 aromatic heterocycles. The van der Waals surface area contributed by atoms with Crippen LogP contribution in [0, 0.1) is 0 Å². The zero-order valence-electron chi connectivity index (χ0n) is 17.0. The lowest BCUT2D eigenvalue weighted by atomic mass is 10.1. The molecule has 0 amide bonds. The van der Waals surface area contributed by atoms with Gasteiger partial charge in [-0.25, -0.2) is 4.79 Å². The lowest BCUT2D eigenvalue weighted by Crippen LogP contribution is -2.09. The molecule has 0 radical (unpaired) electrons. The van der Waals surface area contributed by atoms with Gasteiger partial charge in [0, 0.05) is 26.7 Å². The molecule has 5 nitrogen and oxygen atoms in total. The molecule has 7 heteroatoms. The molecule has 0 atom stereocenters. The minimum Gasteiger partial charge on any atom is -0.496 e. The molecule has 0 aliphatic heterocycles. The van der Waals surface area contributed by atoms with Crippen LogP contribution in [0.3, 0.4) is 0 Å². The van der Waals surface area contributed by atoms with E-state index >= 15 is 0 Å². The van der Waals surface area contributed by atoms with Crippen molar-refractivity contribution in [3.63, 3.8) is 0 Å². The summed E-state index contributed by atoms with van der Waals surface area (Å²) < 4.78 is 16.6. The number of hydrogen-bond donors (Lipinski definition) is 0. The normalized spacial score (nSPS) is 10.5. The second kappa shape index (κ2) is 10.3. The van der Waals surface area contributed by atoms with Gasteiger partial charge in [-0.3, -0.25) is 4.79 Å². The van der Waals surface area contributed by atoms with Crippen molar-refractivity contribution in [1.29, 1.82) is 0 Å². The molecule has 3 aromatic rings. The van der Waals surface area contributed by atoms with Crippen LogP contribution in [0.15, 0.2) is 60.7 Å². The molecule has 0 spiro atoms. The maximum Gasteiger partial charge on any atom is 0.342 e. The van der Waals surface area contributed by atoms with Gasteiger partial charge in [0.15, 0.2) is 5.78 Å². The third-order valence-electron chi connectivity index (χ3n) is 4.55. The molecule has 0 saturated heterocycles. The average Bonchev–Trinajstić information content (AvgIpc) is 2.76. The Morgan fingerprint density at radius 3 is 2.35 bits per heavy atom. The summed E-state index contributed by atoms with van der Waals surface area (Å²) in [5.74, 6) is 0.241. The number of ether oxygens (including phenoxy) is 3. The van der Waals surface area contributed by atoms with Gasteiger partial charge in [0.05, 0.1) is 7.11 Å². The SMILES string of the molecule is COc1ccc(C(C)=O)cc1COC(=O)c1ccccc1OCc1ccc(Cl)cc1Cl. The molecule has 0 heterocycles. The maximum absolute atomic E-state index is 12.7. The number of ketones is 1. The molecule has 3 aromatic carbocycles. The first-order valence-electron chi connectivity index (χ1n) is 9.39. The van der Waals surface area contributed by atoms with Gasteiger partial charge in [0.2, 0.25) is 0 Å². The summed E-state index contributed by atoms with van der Waals surface area (Å²) >= 11 is 12.1. The fourth-order valence-corrected chi connectivity index (χ4v) is 3.35. The van der Waals surface area contributed by atoms with E-state index in [4.69, 9.17) is 37.4 Å². The molecule has 0 fully saturated rings. The highest BCUT2D eigenvalue weighted by molar-refractivity contribution is 6.35. The quantitative estimate of drug-likeness (QED) is 0.299. The van der Waals surface area contributed by atoms with E-state index in [9.17, 15) is 9.59 Å². The molecule has 0 aliphatic carbocycles. The predicted molar refractivity (Wildman–Crippen MR) is 119 cm³/mol. The standard InChI is InChI=1S/C24H20Cl2O5/c1-15(27)16-8-10-22(29-2)18(11-16)14-31-24(28)20-5-3-4-6-23(20)30-13-17-7-9-19(25)12-21(17)26/h3-12H,13-14H2,1-2H3. The average molecular weight is 459 g/mol. The van der Waals surface area contributed by atoms with Crippen LogP contribution in [0.25, 0.3) is 0 Å². The Bertz CT molecular complexity index is 1110. The van der Waals surface area contributed by atoms with Crippen LogP contribution in [-0.4, -0.2) is 18.9 Å². The largest absolute Gasteiger partial charge is 0.496 e. The monoisotopic (exact) mass is 458 g/mol. The van der Waals surface area contributed by atoms with Gasteiger partial charge in [-0.2, -0.15) is 0 Å². The molecule has 0 bridgehead atoms. The van der Waals surface area contributed by atoms with E-state index in [-0.39, 0.29) is 24.6 Å². The van der Waals surface area contributed by atoms with Gasteiger partial charge in [-0.1, -0.05) is 41.4 Å². The summed E-state index contributed by atoms with van der Waals surface area (Å²) in [5, 5.41) is 1.01. The fraction of sp³-hybridized carbons (Fsp3) is 0.167. The fourth-order valence-electron chi connectivity index (χ4n) is 2.89. The maximum atomic E-state index is 12.7. The van der Waals surface area contributed by atoms with Crippen LogP contribution in [0.2, 0.25) is 10.0 Å². The van der Waals surface area contributed by atoms with Gasteiger partial charge in [0.1, 0.15) is 30.3 Å². The lowest BCUT2D eigenvalue weighted by molar-refractivity contribution is 0.0465. The van der Waals surface area contributed by atoms with E-state index in [0.717, 1.165) is 5.56 Å². The highest BCUT2D eigenvalue weighted by Crippen LogP contribution is 2.26. The molecule has 0 saturated carbocycles. The number of rotatable bonds is 8. The number of hydrogen-bond acceptors (Lipinski definition) is 5. The van der Waals surface area contributed by atoms with Crippen molar-refractivity contribution >= 4 is 35.0 Å². The van der Waals surface area contributed by atoms with Crippen molar-refractivity contribution in [3.05, 3.63) is 93.0 Å². The second-order valence-corrected chi connectivity index (χ2v) is 7.52. The Labute approximate surface area is 190 Å². The number of methoxy groups -OCH3 is 1. The van der Waals surface area contributed by atoms with Crippen molar-refractivity contribution in [2.45, 2.75) is 20.1 Å². The number of esters is 1. The van der Waals surface area contributed by atoms with Gasteiger partial charge < -0.3 is 14.2 Å². The van der Waals surface area contributed by atoms with E-state index in [1.807, 2.05) is 0 Å². The summed E-state index contributed by atoms with van der Waals surface area (Å²) in [4.78, 5) is 24.4. The summed E-state index contributed by atoms with van der Waals surface area (Å²) in [6.07, 6.45) is 0. The molecule has 0 aliphatic rings. The summed E-state index contributed by atoms with van der Waals surface area (Å²) in [5.41, 5.74) is 2.11. The van der Waals surface area contributed by atoms with Crippen molar-refractivity contribution in [1.82, 2.24) is 0 Å². The number of benzene rings is 3. The number of carbonyl (C=O) groups excluding carboxylic acids is 2. The van der Waals surface area contributed by atoms with Crippen molar-refractivity contribution in [2.75, 3.05) is 7.11 Å². The van der Waals surface area contributed by atoms with Gasteiger partial charge >= 0.3 is 5.97 Å².